The highest BCUT2D eigenvalue weighted by Gasteiger charge is 2.50. The van der Waals surface area contributed by atoms with E-state index in [1.807, 2.05) is 33.9 Å². The number of hydrogen-bond acceptors (Lipinski definition) is 6. The monoisotopic (exact) mass is 505 g/mol. The number of pyridine rings is 1. The molecule has 3 saturated carbocycles. The lowest BCUT2D eigenvalue weighted by Crippen LogP contribution is -2.58. The van der Waals surface area contributed by atoms with Crippen LogP contribution in [0.1, 0.15) is 81.9 Å². The molecule has 3 aromatic heterocycles. The predicted octanol–water partition coefficient (Wildman–Crippen LogP) is 4.95. The number of rotatable bonds is 4. The van der Waals surface area contributed by atoms with Gasteiger partial charge in [-0.25, -0.2) is 9.78 Å². The van der Waals surface area contributed by atoms with Crippen molar-refractivity contribution in [2.75, 3.05) is 11.4 Å². The summed E-state index contributed by atoms with van der Waals surface area (Å²) in [6.07, 6.45) is 9.01. The summed E-state index contributed by atoms with van der Waals surface area (Å²) >= 11 is 0. The van der Waals surface area contributed by atoms with E-state index >= 15 is 0 Å². The van der Waals surface area contributed by atoms with Crippen LogP contribution in [-0.4, -0.2) is 48.7 Å². The Morgan fingerprint density at radius 3 is 2.59 bits per heavy atom. The minimum absolute atomic E-state index is 0.106. The van der Waals surface area contributed by atoms with E-state index in [9.17, 15) is 4.79 Å². The molecule has 0 radical (unpaired) electrons. The van der Waals surface area contributed by atoms with Crippen molar-refractivity contribution in [2.45, 2.75) is 104 Å². The third-order valence-electron chi connectivity index (χ3n) is 8.86. The summed E-state index contributed by atoms with van der Waals surface area (Å²) in [6, 6.07) is 2.17. The average Bonchev–Trinajstić information content (AvgIpc) is 3.42. The molecule has 9 heteroatoms. The third kappa shape index (κ3) is 4.46. The second-order valence-electron chi connectivity index (χ2n) is 12.7. The fourth-order valence-corrected chi connectivity index (χ4v) is 6.82. The number of alkyl carbamates (subject to hydrolysis) is 1. The predicted molar refractivity (Wildman–Crippen MR) is 143 cm³/mol. The smallest absolute Gasteiger partial charge is 0.408 e. The van der Waals surface area contributed by atoms with Crippen molar-refractivity contribution in [1.82, 2.24) is 30.3 Å². The van der Waals surface area contributed by atoms with Gasteiger partial charge < -0.3 is 15.0 Å². The largest absolute Gasteiger partial charge is 0.444 e. The van der Waals surface area contributed by atoms with Gasteiger partial charge in [-0.2, -0.15) is 10.2 Å². The number of aryl methyl sites for hydroxylation is 2. The summed E-state index contributed by atoms with van der Waals surface area (Å²) in [5, 5.41) is 16.6. The van der Waals surface area contributed by atoms with Crippen LogP contribution in [0.4, 0.5) is 10.5 Å². The number of aromatic nitrogens is 5. The molecule has 7 rings (SSSR count). The number of ether oxygens (including phenoxy) is 1. The van der Waals surface area contributed by atoms with Crippen LogP contribution in [0.5, 0.6) is 0 Å². The summed E-state index contributed by atoms with van der Waals surface area (Å²) in [7, 11) is 0. The first kappa shape index (κ1) is 24.2. The van der Waals surface area contributed by atoms with Gasteiger partial charge in [-0.3, -0.25) is 9.78 Å². The van der Waals surface area contributed by atoms with Crippen molar-refractivity contribution in [1.29, 1.82) is 0 Å². The summed E-state index contributed by atoms with van der Waals surface area (Å²) in [5.41, 5.74) is 6.62. The number of nitrogens with zero attached hydrogens (tertiary/aromatic N) is 5. The van der Waals surface area contributed by atoms with Gasteiger partial charge in [0.25, 0.3) is 0 Å². The zero-order chi connectivity index (χ0) is 26.0. The second-order valence-corrected chi connectivity index (χ2v) is 12.7. The van der Waals surface area contributed by atoms with Gasteiger partial charge in [0, 0.05) is 48.5 Å². The first-order chi connectivity index (χ1) is 17.5. The minimum atomic E-state index is -0.471. The number of aromatic amines is 1. The van der Waals surface area contributed by atoms with Crippen molar-refractivity contribution in [3.63, 3.8) is 0 Å². The molecule has 3 fully saturated rings. The van der Waals surface area contributed by atoms with Crippen molar-refractivity contribution in [2.24, 2.45) is 5.41 Å². The van der Waals surface area contributed by atoms with E-state index in [0.717, 1.165) is 87.0 Å². The van der Waals surface area contributed by atoms with Gasteiger partial charge in [0.1, 0.15) is 5.60 Å². The lowest BCUT2D eigenvalue weighted by molar-refractivity contribution is -0.00519. The molecule has 3 aromatic rings. The summed E-state index contributed by atoms with van der Waals surface area (Å²) in [6.45, 7) is 12.7. The van der Waals surface area contributed by atoms with Crippen LogP contribution in [-0.2, 0) is 24.2 Å². The van der Waals surface area contributed by atoms with Crippen LogP contribution in [0.25, 0.3) is 11.0 Å². The van der Waals surface area contributed by atoms with Crippen molar-refractivity contribution in [3.05, 3.63) is 34.9 Å². The molecule has 2 bridgehead atoms. The highest BCUT2D eigenvalue weighted by atomic mass is 16.6. The fraction of sp³-hybridized carbons (Fsp3) is 0.643. The van der Waals surface area contributed by atoms with Crippen molar-refractivity contribution >= 4 is 22.8 Å². The Hall–Kier alpha value is -3.10. The van der Waals surface area contributed by atoms with Crippen LogP contribution >= 0.6 is 0 Å². The molecule has 9 nitrogen and oxygen atoms in total. The Morgan fingerprint density at radius 2 is 1.89 bits per heavy atom. The lowest BCUT2D eigenvalue weighted by atomic mass is 9.57. The minimum Gasteiger partial charge on any atom is -0.444 e. The highest BCUT2D eigenvalue weighted by molar-refractivity contribution is 5.89. The Labute approximate surface area is 218 Å². The molecule has 3 aliphatic carbocycles. The zero-order valence-electron chi connectivity index (χ0n) is 22.8. The molecule has 37 heavy (non-hydrogen) atoms. The molecule has 0 saturated heterocycles. The molecule has 4 aliphatic rings. The van der Waals surface area contributed by atoms with Crippen molar-refractivity contribution in [3.8, 4) is 0 Å². The van der Waals surface area contributed by atoms with Crippen LogP contribution in [0.3, 0.4) is 0 Å². The number of anilines is 1. The van der Waals surface area contributed by atoms with E-state index in [0.29, 0.717) is 0 Å². The Morgan fingerprint density at radius 1 is 1.16 bits per heavy atom. The maximum atomic E-state index is 12.5. The molecule has 1 aliphatic heterocycles. The Kier molecular flexibility index (Phi) is 5.55. The maximum Gasteiger partial charge on any atom is 0.408 e. The Bertz CT molecular complexity index is 1320. The molecule has 198 valence electrons. The molecule has 0 aromatic carbocycles. The average molecular weight is 506 g/mol. The van der Waals surface area contributed by atoms with Gasteiger partial charge >= 0.3 is 6.09 Å². The van der Waals surface area contributed by atoms with Crippen molar-refractivity contribution < 1.29 is 9.53 Å². The summed E-state index contributed by atoms with van der Waals surface area (Å²) in [4.78, 5) is 19.5. The molecular formula is C28H39N7O2. The first-order valence-electron chi connectivity index (χ1n) is 13.7. The van der Waals surface area contributed by atoms with Gasteiger partial charge in [0.05, 0.1) is 23.0 Å². The van der Waals surface area contributed by atoms with Crippen LogP contribution in [0, 0.1) is 19.3 Å². The normalized spacial score (nSPS) is 25.4. The zero-order valence-corrected chi connectivity index (χ0v) is 22.8. The van der Waals surface area contributed by atoms with Gasteiger partial charge in [-0.1, -0.05) is 0 Å². The molecule has 1 amide bonds. The summed E-state index contributed by atoms with van der Waals surface area (Å²) in [5.74, 6) is 0. The fourth-order valence-electron chi connectivity index (χ4n) is 6.82. The number of H-pyrrole nitrogens is 1. The van der Waals surface area contributed by atoms with Crippen LogP contribution in [0.2, 0.25) is 0 Å². The van der Waals surface area contributed by atoms with Gasteiger partial charge in [0.2, 0.25) is 0 Å². The molecular weight excluding hydrogens is 466 g/mol. The third-order valence-corrected chi connectivity index (χ3v) is 8.86. The lowest BCUT2D eigenvalue weighted by Gasteiger charge is -2.53. The molecule has 4 heterocycles. The number of carbonyl (C=O) groups excluding carboxylic acids is 1. The number of carbonyl (C=O) groups is 1. The number of nitrogens with one attached hydrogen (secondary N) is 2. The van der Waals surface area contributed by atoms with E-state index in [1.54, 1.807) is 0 Å². The molecule has 0 atom stereocenters. The number of hydrogen-bond donors (Lipinski definition) is 2. The van der Waals surface area contributed by atoms with Crippen LogP contribution in [0.15, 0.2) is 12.3 Å². The summed E-state index contributed by atoms with van der Waals surface area (Å²) < 4.78 is 7.89. The van der Waals surface area contributed by atoms with Gasteiger partial charge in [-0.15, -0.1) is 0 Å². The molecule has 0 spiro atoms. The maximum absolute atomic E-state index is 12.5. The van der Waals surface area contributed by atoms with E-state index < -0.39 is 5.60 Å². The Balaban J connectivity index is 1.16. The topological polar surface area (TPSA) is 101 Å². The number of fused-ring (bicyclic) bond motifs is 5. The van der Waals surface area contributed by atoms with E-state index in [-0.39, 0.29) is 17.0 Å². The van der Waals surface area contributed by atoms with E-state index in [1.165, 1.54) is 16.9 Å². The second kappa shape index (κ2) is 8.46. The standard InChI is InChI=1S/C28H39N7O2/c1-18-14-23(20-15-29-32-24(20)30-18)34-13-6-22-21(16-34)19(2)33-35(22)17-27-7-10-28(11-8-27,12-9-27)31-25(36)37-26(3,4)5/h14-15H,6-13,16-17H2,1-5H3,(H,31,36)(H,29,30,32). The quantitative estimate of drug-likeness (QED) is 0.520. The van der Waals surface area contributed by atoms with E-state index in [4.69, 9.17) is 9.84 Å². The highest BCUT2D eigenvalue weighted by Crippen LogP contribution is 2.53. The van der Waals surface area contributed by atoms with E-state index in [2.05, 4.69) is 43.1 Å². The van der Waals surface area contributed by atoms with Gasteiger partial charge in [-0.05, 0) is 84.6 Å². The van der Waals surface area contributed by atoms with Gasteiger partial charge in [0.15, 0.2) is 5.65 Å². The number of amides is 1. The molecule has 2 N–H and O–H groups in total. The first-order valence-corrected chi connectivity index (χ1v) is 13.7. The van der Waals surface area contributed by atoms with Crippen LogP contribution < -0.4 is 10.2 Å². The SMILES string of the molecule is Cc1cc(N2CCc3c(c(C)nn3CC34CCC(NC(=O)OC(C)(C)C)(CC3)CC4)C2)c2cn[nH]c2n1. The molecule has 0 unspecified atom stereocenters.